The van der Waals surface area contributed by atoms with Gasteiger partial charge in [-0.05, 0) is 85.5 Å². The van der Waals surface area contributed by atoms with E-state index < -0.39 is 0 Å². The minimum absolute atomic E-state index is 0.288. The molecule has 6 rings (SSSR count). The SMILES string of the molecule is C=C(C)CCc1ccc2nc(-c3cccc(-c4cc5c(C(=O)NC)c(-c6ccc(F)cc6)oc5cc4N(C)C)c3)oc2c1. The van der Waals surface area contributed by atoms with Gasteiger partial charge in [-0.15, -0.1) is 6.58 Å². The third-order valence-electron chi connectivity index (χ3n) is 7.56. The summed E-state index contributed by atoms with van der Waals surface area (Å²) in [5.74, 6) is 0.276. The number of amides is 1. The molecule has 0 atom stereocenters. The number of benzene rings is 4. The van der Waals surface area contributed by atoms with Crippen molar-refractivity contribution in [2.24, 2.45) is 0 Å². The van der Waals surface area contributed by atoms with Crippen LogP contribution in [0.4, 0.5) is 10.1 Å². The topological polar surface area (TPSA) is 71.5 Å². The highest BCUT2D eigenvalue weighted by Crippen LogP contribution is 2.41. The van der Waals surface area contributed by atoms with Crippen molar-refractivity contribution in [3.63, 3.8) is 0 Å². The molecule has 0 saturated carbocycles. The van der Waals surface area contributed by atoms with Crippen LogP contribution in [0.2, 0.25) is 0 Å². The van der Waals surface area contributed by atoms with Crippen molar-refractivity contribution in [1.29, 1.82) is 0 Å². The number of anilines is 1. The standard InChI is InChI=1S/C36H32FN3O3/c1-21(2)9-10-22-11-16-29-32(17-22)43-36(39-29)25-8-6-7-24(18-25)27-19-28-31(20-30(27)40(4)5)42-34(33(28)35(41)38-3)23-12-14-26(37)15-13-23/h6-8,11-20H,1,9-10H2,2-5H3,(H,38,41). The Morgan fingerprint density at radius 1 is 0.930 bits per heavy atom. The average Bonchev–Trinajstić information content (AvgIpc) is 3.60. The molecule has 0 aliphatic carbocycles. The highest BCUT2D eigenvalue weighted by molar-refractivity contribution is 6.13. The Balaban J connectivity index is 1.47. The molecule has 1 amide bonds. The number of carbonyl (C=O) groups is 1. The van der Waals surface area contributed by atoms with Crippen molar-refractivity contribution in [1.82, 2.24) is 10.3 Å². The maximum atomic E-state index is 13.7. The predicted molar refractivity (Wildman–Crippen MR) is 171 cm³/mol. The van der Waals surface area contributed by atoms with Gasteiger partial charge < -0.3 is 19.1 Å². The molecular weight excluding hydrogens is 541 g/mol. The second-order valence-corrected chi connectivity index (χ2v) is 11.0. The summed E-state index contributed by atoms with van der Waals surface area (Å²) < 4.78 is 26.2. The number of oxazole rings is 1. The Labute approximate surface area is 249 Å². The fourth-order valence-electron chi connectivity index (χ4n) is 5.31. The average molecular weight is 574 g/mol. The van der Waals surface area contributed by atoms with Crippen LogP contribution in [-0.2, 0) is 6.42 Å². The van der Waals surface area contributed by atoms with Crippen LogP contribution in [-0.4, -0.2) is 32.0 Å². The van der Waals surface area contributed by atoms with E-state index in [1.807, 2.05) is 68.4 Å². The van der Waals surface area contributed by atoms with Gasteiger partial charge in [-0.1, -0.05) is 23.8 Å². The van der Waals surface area contributed by atoms with E-state index >= 15 is 0 Å². The lowest BCUT2D eigenvalue weighted by Crippen LogP contribution is -2.18. The first-order valence-electron chi connectivity index (χ1n) is 14.1. The molecule has 43 heavy (non-hydrogen) atoms. The first kappa shape index (κ1) is 28.0. The number of hydrogen-bond donors (Lipinski definition) is 1. The zero-order valence-corrected chi connectivity index (χ0v) is 24.6. The molecule has 0 bridgehead atoms. The Morgan fingerprint density at radius 3 is 2.42 bits per heavy atom. The number of fused-ring (bicyclic) bond motifs is 2. The van der Waals surface area contributed by atoms with Gasteiger partial charge in [0.2, 0.25) is 5.89 Å². The molecular formula is C36H32FN3O3. The van der Waals surface area contributed by atoms with Gasteiger partial charge in [0.1, 0.15) is 22.7 Å². The van der Waals surface area contributed by atoms with Gasteiger partial charge in [0.15, 0.2) is 5.58 Å². The fraction of sp³-hybridized carbons (Fsp3) is 0.167. The molecule has 0 fully saturated rings. The Morgan fingerprint density at radius 2 is 1.70 bits per heavy atom. The van der Waals surface area contributed by atoms with Gasteiger partial charge in [0.25, 0.3) is 5.91 Å². The van der Waals surface area contributed by atoms with E-state index in [1.54, 1.807) is 19.2 Å². The molecule has 0 saturated heterocycles. The molecule has 2 aromatic heterocycles. The summed E-state index contributed by atoms with van der Waals surface area (Å²) in [5.41, 5.74) is 9.04. The lowest BCUT2D eigenvalue weighted by molar-refractivity contribution is 0.0964. The molecule has 6 aromatic rings. The summed E-state index contributed by atoms with van der Waals surface area (Å²) in [7, 11) is 5.51. The van der Waals surface area contributed by atoms with Crippen molar-refractivity contribution in [2.75, 3.05) is 26.0 Å². The summed E-state index contributed by atoms with van der Waals surface area (Å²) in [6.07, 6.45) is 1.83. The fourth-order valence-corrected chi connectivity index (χ4v) is 5.31. The third-order valence-corrected chi connectivity index (χ3v) is 7.56. The second-order valence-electron chi connectivity index (χ2n) is 11.0. The Kier molecular flexibility index (Phi) is 7.32. The molecule has 1 N–H and O–H groups in total. The summed E-state index contributed by atoms with van der Waals surface area (Å²) >= 11 is 0. The van der Waals surface area contributed by atoms with Crippen LogP contribution in [0.3, 0.4) is 0 Å². The van der Waals surface area contributed by atoms with Crippen LogP contribution in [0.5, 0.6) is 0 Å². The van der Waals surface area contributed by atoms with Crippen molar-refractivity contribution >= 4 is 33.7 Å². The lowest BCUT2D eigenvalue weighted by atomic mass is 9.97. The van der Waals surface area contributed by atoms with Crippen molar-refractivity contribution in [3.05, 3.63) is 108 Å². The first-order chi connectivity index (χ1) is 20.7. The van der Waals surface area contributed by atoms with Crippen LogP contribution in [0.25, 0.3) is 56.0 Å². The molecule has 0 unspecified atom stereocenters. The molecule has 7 heteroatoms. The Hall–Kier alpha value is -5.17. The number of hydrogen-bond acceptors (Lipinski definition) is 5. The number of furan rings is 1. The number of allylic oxidation sites excluding steroid dienone is 1. The van der Waals surface area contributed by atoms with Gasteiger partial charge in [-0.25, -0.2) is 9.37 Å². The monoisotopic (exact) mass is 573 g/mol. The van der Waals surface area contributed by atoms with Crippen molar-refractivity contribution in [2.45, 2.75) is 19.8 Å². The zero-order valence-electron chi connectivity index (χ0n) is 24.6. The summed E-state index contributed by atoms with van der Waals surface area (Å²) in [6.45, 7) is 6.04. The van der Waals surface area contributed by atoms with E-state index in [0.29, 0.717) is 33.7 Å². The third kappa shape index (κ3) is 5.42. The molecule has 6 nitrogen and oxygen atoms in total. The number of carbonyl (C=O) groups excluding carboxylic acids is 1. The van der Waals surface area contributed by atoms with E-state index in [1.165, 1.54) is 17.7 Å². The number of aromatic nitrogens is 1. The quantitative estimate of drug-likeness (QED) is 0.185. The number of halogens is 1. The molecule has 2 heterocycles. The zero-order chi connectivity index (χ0) is 30.2. The van der Waals surface area contributed by atoms with Crippen molar-refractivity contribution < 1.29 is 18.0 Å². The summed E-state index contributed by atoms with van der Waals surface area (Å²) in [6, 6.07) is 24.0. The van der Waals surface area contributed by atoms with Gasteiger partial charge in [-0.3, -0.25) is 4.79 Å². The lowest BCUT2D eigenvalue weighted by Gasteiger charge is -2.18. The molecule has 0 aliphatic heterocycles. The Bertz CT molecular complexity index is 2000. The second kappa shape index (κ2) is 11.2. The maximum absolute atomic E-state index is 13.7. The number of nitrogens with zero attached hydrogens (tertiary/aromatic N) is 2. The minimum Gasteiger partial charge on any atom is -0.455 e. The largest absolute Gasteiger partial charge is 0.455 e. The van der Waals surface area contributed by atoms with E-state index in [2.05, 4.69) is 24.0 Å². The van der Waals surface area contributed by atoms with Crippen LogP contribution < -0.4 is 10.2 Å². The van der Waals surface area contributed by atoms with Crippen LogP contribution in [0.1, 0.15) is 29.3 Å². The van der Waals surface area contributed by atoms with E-state index in [0.717, 1.165) is 51.9 Å². The molecule has 216 valence electrons. The van der Waals surface area contributed by atoms with Crippen molar-refractivity contribution in [3.8, 4) is 33.9 Å². The highest BCUT2D eigenvalue weighted by Gasteiger charge is 2.24. The maximum Gasteiger partial charge on any atom is 0.255 e. The molecule has 0 aliphatic rings. The number of rotatable bonds is 8. The highest BCUT2D eigenvalue weighted by atomic mass is 19.1. The summed E-state index contributed by atoms with van der Waals surface area (Å²) in [5, 5.41) is 3.39. The number of aryl methyl sites for hydroxylation is 1. The molecule has 0 spiro atoms. The van der Waals surface area contributed by atoms with Gasteiger partial charge in [-0.2, -0.15) is 0 Å². The smallest absolute Gasteiger partial charge is 0.255 e. The van der Waals surface area contributed by atoms with E-state index in [9.17, 15) is 9.18 Å². The van der Waals surface area contributed by atoms with E-state index in [-0.39, 0.29) is 11.7 Å². The minimum atomic E-state index is -0.361. The predicted octanol–water partition coefficient (Wildman–Crippen LogP) is 8.65. The molecule has 0 radical (unpaired) electrons. The van der Waals surface area contributed by atoms with Crippen LogP contribution >= 0.6 is 0 Å². The first-order valence-corrected chi connectivity index (χ1v) is 14.1. The van der Waals surface area contributed by atoms with Gasteiger partial charge >= 0.3 is 0 Å². The normalized spacial score (nSPS) is 11.3. The van der Waals surface area contributed by atoms with Crippen LogP contribution in [0, 0.1) is 5.82 Å². The number of nitrogens with one attached hydrogen (secondary N) is 1. The van der Waals surface area contributed by atoms with E-state index in [4.69, 9.17) is 13.8 Å². The van der Waals surface area contributed by atoms with Gasteiger partial charge in [0, 0.05) is 55.0 Å². The van der Waals surface area contributed by atoms with Gasteiger partial charge in [0.05, 0.1) is 5.56 Å². The summed E-state index contributed by atoms with van der Waals surface area (Å²) in [4.78, 5) is 19.9. The van der Waals surface area contributed by atoms with Crippen LogP contribution in [0.15, 0.2) is 99.8 Å². The molecule has 4 aromatic carbocycles.